The van der Waals surface area contributed by atoms with Gasteiger partial charge in [0.25, 0.3) is 0 Å². The number of hydrogen-bond donors (Lipinski definition) is 2. The summed E-state index contributed by atoms with van der Waals surface area (Å²) >= 11 is 0. The van der Waals surface area contributed by atoms with Crippen molar-refractivity contribution in [1.82, 2.24) is 24.9 Å². The number of urea groups is 1. The van der Waals surface area contributed by atoms with Crippen molar-refractivity contribution in [2.24, 2.45) is 0 Å². The molecule has 0 radical (unpaired) electrons. The SMILES string of the molecule is COc1ncc(-c2ccn3nc(NC(=O)NCCOc4cccnc4)cc3c2)cc1F. The molecule has 10 heteroatoms. The monoisotopic (exact) mass is 422 g/mol. The zero-order valence-electron chi connectivity index (χ0n) is 16.6. The van der Waals surface area contributed by atoms with Crippen LogP contribution in [0.3, 0.4) is 0 Å². The Morgan fingerprint density at radius 2 is 2.10 bits per heavy atom. The maximum atomic E-state index is 14.0. The maximum Gasteiger partial charge on any atom is 0.320 e. The highest BCUT2D eigenvalue weighted by Crippen LogP contribution is 2.25. The number of carbonyl (C=O) groups excluding carboxylic acids is 1. The van der Waals surface area contributed by atoms with Crippen molar-refractivity contribution in [1.29, 1.82) is 0 Å². The first-order valence-electron chi connectivity index (χ1n) is 9.39. The van der Waals surface area contributed by atoms with E-state index in [2.05, 4.69) is 25.7 Å². The summed E-state index contributed by atoms with van der Waals surface area (Å²) in [6, 6.07) is 9.82. The number of anilines is 1. The van der Waals surface area contributed by atoms with Crippen molar-refractivity contribution in [2.75, 3.05) is 25.6 Å². The van der Waals surface area contributed by atoms with Gasteiger partial charge < -0.3 is 14.8 Å². The fraction of sp³-hybridized carbons (Fsp3) is 0.143. The summed E-state index contributed by atoms with van der Waals surface area (Å²) in [7, 11) is 1.36. The van der Waals surface area contributed by atoms with Gasteiger partial charge in [-0.15, -0.1) is 5.10 Å². The van der Waals surface area contributed by atoms with Gasteiger partial charge in [-0.1, -0.05) is 0 Å². The molecule has 0 bridgehead atoms. The van der Waals surface area contributed by atoms with Gasteiger partial charge in [0.2, 0.25) is 5.88 Å². The maximum absolute atomic E-state index is 14.0. The second kappa shape index (κ2) is 9.08. The molecule has 9 nitrogen and oxygen atoms in total. The normalized spacial score (nSPS) is 10.6. The van der Waals surface area contributed by atoms with Gasteiger partial charge in [0.1, 0.15) is 12.4 Å². The number of fused-ring (bicyclic) bond motifs is 1. The molecule has 4 heterocycles. The van der Waals surface area contributed by atoms with Gasteiger partial charge in [-0.25, -0.2) is 18.7 Å². The molecule has 4 rings (SSSR count). The predicted molar refractivity (Wildman–Crippen MR) is 112 cm³/mol. The van der Waals surface area contributed by atoms with E-state index in [1.807, 2.05) is 6.07 Å². The van der Waals surface area contributed by atoms with Gasteiger partial charge in [0.05, 0.1) is 25.4 Å². The molecule has 2 amide bonds. The highest BCUT2D eigenvalue weighted by Gasteiger charge is 2.10. The Kier molecular flexibility index (Phi) is 5.88. The fourth-order valence-corrected chi connectivity index (χ4v) is 2.89. The minimum absolute atomic E-state index is 0.0579. The van der Waals surface area contributed by atoms with Crippen molar-refractivity contribution in [2.45, 2.75) is 0 Å². The zero-order valence-corrected chi connectivity index (χ0v) is 16.6. The molecule has 0 saturated carbocycles. The number of hydrogen-bond acceptors (Lipinski definition) is 6. The third-order valence-corrected chi connectivity index (χ3v) is 4.33. The van der Waals surface area contributed by atoms with Crippen LogP contribution in [0.15, 0.2) is 61.2 Å². The molecule has 0 saturated heterocycles. The molecule has 31 heavy (non-hydrogen) atoms. The molecule has 0 aliphatic rings. The number of pyridine rings is 3. The van der Waals surface area contributed by atoms with Crippen molar-refractivity contribution >= 4 is 17.4 Å². The minimum atomic E-state index is -0.542. The fourth-order valence-electron chi connectivity index (χ4n) is 2.89. The minimum Gasteiger partial charge on any atom is -0.490 e. The van der Waals surface area contributed by atoms with E-state index in [4.69, 9.17) is 9.47 Å². The van der Waals surface area contributed by atoms with Crippen LogP contribution in [0.25, 0.3) is 16.6 Å². The third kappa shape index (κ3) is 4.86. The van der Waals surface area contributed by atoms with Gasteiger partial charge in [0.15, 0.2) is 11.6 Å². The Hall–Kier alpha value is -4.21. The number of nitrogens with one attached hydrogen (secondary N) is 2. The van der Waals surface area contributed by atoms with Gasteiger partial charge in [-0.2, -0.15) is 0 Å². The van der Waals surface area contributed by atoms with Crippen LogP contribution >= 0.6 is 0 Å². The number of nitrogens with zero attached hydrogens (tertiary/aromatic N) is 4. The van der Waals surface area contributed by atoms with Crippen LogP contribution in [0.1, 0.15) is 0 Å². The van der Waals surface area contributed by atoms with Gasteiger partial charge in [0, 0.05) is 30.2 Å². The lowest BCUT2D eigenvalue weighted by molar-refractivity contribution is 0.247. The van der Waals surface area contributed by atoms with Gasteiger partial charge in [-0.3, -0.25) is 10.3 Å². The molecule has 4 aromatic rings. The summed E-state index contributed by atoms with van der Waals surface area (Å²) in [5, 5.41) is 9.67. The van der Waals surface area contributed by atoms with E-state index in [-0.39, 0.29) is 5.88 Å². The summed E-state index contributed by atoms with van der Waals surface area (Å²) in [6.45, 7) is 0.619. The molecule has 0 aliphatic carbocycles. The Bertz CT molecular complexity index is 1200. The lowest BCUT2D eigenvalue weighted by atomic mass is 10.1. The lowest BCUT2D eigenvalue weighted by Crippen LogP contribution is -2.32. The molecule has 4 aromatic heterocycles. The van der Waals surface area contributed by atoms with E-state index in [9.17, 15) is 9.18 Å². The number of ether oxygens (including phenoxy) is 2. The quantitative estimate of drug-likeness (QED) is 0.444. The molecular formula is C21H19FN6O3. The lowest BCUT2D eigenvalue weighted by Gasteiger charge is -2.07. The third-order valence-electron chi connectivity index (χ3n) is 4.33. The molecule has 0 aromatic carbocycles. The first-order chi connectivity index (χ1) is 15.1. The number of carbonyl (C=O) groups is 1. The van der Waals surface area contributed by atoms with E-state index >= 15 is 0 Å². The van der Waals surface area contributed by atoms with Gasteiger partial charge >= 0.3 is 6.03 Å². The Labute approximate surface area is 176 Å². The average molecular weight is 422 g/mol. The molecule has 0 atom stereocenters. The summed E-state index contributed by atoms with van der Waals surface area (Å²) in [6.07, 6.45) is 6.51. The Morgan fingerprint density at radius 3 is 2.87 bits per heavy atom. The molecule has 0 aliphatic heterocycles. The summed E-state index contributed by atoms with van der Waals surface area (Å²) in [5.41, 5.74) is 2.08. The van der Waals surface area contributed by atoms with E-state index in [0.29, 0.717) is 30.3 Å². The highest BCUT2D eigenvalue weighted by molar-refractivity contribution is 5.89. The second-order valence-corrected chi connectivity index (χ2v) is 6.45. The van der Waals surface area contributed by atoms with Crippen LogP contribution in [0, 0.1) is 5.82 Å². The Balaban J connectivity index is 1.36. The second-order valence-electron chi connectivity index (χ2n) is 6.45. The molecule has 0 spiro atoms. The van der Waals surface area contributed by atoms with Crippen LogP contribution in [-0.2, 0) is 0 Å². The average Bonchev–Trinajstić information content (AvgIpc) is 3.18. The van der Waals surface area contributed by atoms with Crippen molar-refractivity contribution in [3.63, 3.8) is 0 Å². The van der Waals surface area contributed by atoms with Crippen molar-refractivity contribution < 1.29 is 18.7 Å². The van der Waals surface area contributed by atoms with Crippen LogP contribution in [0.4, 0.5) is 15.0 Å². The highest BCUT2D eigenvalue weighted by atomic mass is 19.1. The summed E-state index contributed by atoms with van der Waals surface area (Å²) in [5.74, 6) is 0.409. The predicted octanol–water partition coefficient (Wildman–Crippen LogP) is 3.14. The molecular weight excluding hydrogens is 403 g/mol. The standard InChI is InChI=1S/C21H19FN6O3/c1-30-20-18(22)10-15(12-25-20)14-4-7-28-16(9-14)11-19(27-28)26-21(29)24-6-8-31-17-3-2-5-23-13-17/h2-5,7,9-13H,6,8H2,1H3,(H2,24,26,27,29). The van der Waals surface area contributed by atoms with Crippen LogP contribution < -0.4 is 20.1 Å². The van der Waals surface area contributed by atoms with Crippen LogP contribution in [0.5, 0.6) is 11.6 Å². The number of rotatable bonds is 7. The number of methoxy groups -OCH3 is 1. The summed E-state index contributed by atoms with van der Waals surface area (Å²) in [4.78, 5) is 20.0. The summed E-state index contributed by atoms with van der Waals surface area (Å²) < 4.78 is 25.9. The van der Waals surface area contributed by atoms with E-state index < -0.39 is 11.8 Å². The molecule has 158 valence electrons. The first kappa shape index (κ1) is 20.1. The van der Waals surface area contributed by atoms with Crippen molar-refractivity contribution in [3.05, 3.63) is 67.0 Å². The number of amides is 2. The zero-order chi connectivity index (χ0) is 21.6. The molecule has 0 unspecified atom stereocenters. The van der Waals surface area contributed by atoms with E-state index in [1.165, 1.54) is 19.4 Å². The molecule has 2 N–H and O–H groups in total. The largest absolute Gasteiger partial charge is 0.490 e. The smallest absolute Gasteiger partial charge is 0.320 e. The van der Waals surface area contributed by atoms with Crippen LogP contribution in [0.2, 0.25) is 0 Å². The number of aromatic nitrogens is 4. The Morgan fingerprint density at radius 1 is 1.19 bits per heavy atom. The molecule has 0 fully saturated rings. The topological polar surface area (TPSA) is 103 Å². The first-order valence-corrected chi connectivity index (χ1v) is 9.39. The number of halogens is 1. The van der Waals surface area contributed by atoms with E-state index in [1.54, 1.807) is 47.4 Å². The van der Waals surface area contributed by atoms with E-state index in [0.717, 1.165) is 11.1 Å². The van der Waals surface area contributed by atoms with Crippen LogP contribution in [-0.4, -0.2) is 45.9 Å². The van der Waals surface area contributed by atoms with Gasteiger partial charge in [-0.05, 0) is 35.9 Å². The van der Waals surface area contributed by atoms with Crippen molar-refractivity contribution in [3.8, 4) is 22.8 Å².